The van der Waals surface area contributed by atoms with Gasteiger partial charge in [0, 0.05) is 12.7 Å². The maximum Gasteiger partial charge on any atom is 0.314 e. The van der Waals surface area contributed by atoms with E-state index in [1.807, 2.05) is 12.1 Å². The van der Waals surface area contributed by atoms with E-state index in [1.54, 1.807) is 21.3 Å². The molecule has 1 aromatic carbocycles. The second kappa shape index (κ2) is 7.01. The van der Waals surface area contributed by atoms with Crippen LogP contribution in [0.3, 0.4) is 0 Å². The monoisotopic (exact) mass is 308 g/mol. The van der Waals surface area contributed by atoms with E-state index >= 15 is 0 Å². The van der Waals surface area contributed by atoms with E-state index < -0.39 is 11.4 Å². The molecule has 1 N–H and O–H groups in total. The molecule has 1 aromatic rings. The maximum absolute atomic E-state index is 12.1. The van der Waals surface area contributed by atoms with Gasteiger partial charge in [-0.05, 0) is 25.0 Å². The third-order valence-electron chi connectivity index (χ3n) is 4.52. The average Bonchev–Trinajstić information content (AvgIpc) is 2.55. The molecule has 1 aliphatic carbocycles. The normalized spacial score (nSPS) is 17.0. The van der Waals surface area contributed by atoms with Crippen LogP contribution in [0.15, 0.2) is 12.1 Å². The van der Waals surface area contributed by atoms with Crippen LogP contribution in [0.1, 0.15) is 43.2 Å². The lowest BCUT2D eigenvalue weighted by Crippen LogP contribution is -2.38. The molecule has 5 heteroatoms. The molecule has 5 nitrogen and oxygen atoms in total. The fourth-order valence-electron chi connectivity index (χ4n) is 3.46. The van der Waals surface area contributed by atoms with E-state index in [9.17, 15) is 9.90 Å². The minimum absolute atomic E-state index is 0.371. The van der Waals surface area contributed by atoms with Crippen molar-refractivity contribution in [1.29, 1.82) is 0 Å². The van der Waals surface area contributed by atoms with Gasteiger partial charge in [-0.3, -0.25) is 4.79 Å². The van der Waals surface area contributed by atoms with Crippen molar-refractivity contribution >= 4 is 5.97 Å². The number of rotatable bonds is 6. The van der Waals surface area contributed by atoms with Crippen LogP contribution in [0.5, 0.6) is 11.5 Å². The van der Waals surface area contributed by atoms with Crippen molar-refractivity contribution < 1.29 is 24.1 Å². The number of carbonyl (C=O) groups is 1. The first-order chi connectivity index (χ1) is 10.6. The fourth-order valence-corrected chi connectivity index (χ4v) is 3.46. The summed E-state index contributed by atoms with van der Waals surface area (Å²) in [5.74, 6) is 0.338. The smallest absolute Gasteiger partial charge is 0.314 e. The van der Waals surface area contributed by atoms with Crippen molar-refractivity contribution in [2.45, 2.75) is 44.1 Å². The van der Waals surface area contributed by atoms with Gasteiger partial charge >= 0.3 is 5.97 Å². The largest absolute Gasteiger partial charge is 0.496 e. The summed E-state index contributed by atoms with van der Waals surface area (Å²) in [6.45, 7) is 0.371. The summed E-state index contributed by atoms with van der Waals surface area (Å²) < 4.78 is 16.3. The first-order valence-corrected chi connectivity index (χ1v) is 7.57. The van der Waals surface area contributed by atoms with E-state index in [0.717, 1.165) is 24.8 Å². The van der Waals surface area contributed by atoms with Gasteiger partial charge in [-0.25, -0.2) is 0 Å². The molecule has 0 amide bonds. The Labute approximate surface area is 131 Å². The minimum atomic E-state index is -0.946. The zero-order valence-corrected chi connectivity index (χ0v) is 13.5. The number of hydrogen-bond acceptors (Lipinski definition) is 4. The molecule has 0 bridgehead atoms. The highest BCUT2D eigenvalue weighted by Crippen LogP contribution is 2.49. The molecule has 122 valence electrons. The van der Waals surface area contributed by atoms with Crippen molar-refractivity contribution in [2.75, 3.05) is 21.3 Å². The van der Waals surface area contributed by atoms with Crippen LogP contribution in [0, 0.1) is 0 Å². The Morgan fingerprint density at radius 1 is 1.14 bits per heavy atom. The highest BCUT2D eigenvalue weighted by Gasteiger charge is 2.46. The van der Waals surface area contributed by atoms with Crippen molar-refractivity contribution in [3.8, 4) is 11.5 Å². The Balaban J connectivity index is 2.68. The first-order valence-electron chi connectivity index (χ1n) is 7.57. The number of methoxy groups -OCH3 is 3. The molecule has 1 aliphatic rings. The van der Waals surface area contributed by atoms with Gasteiger partial charge in [0.25, 0.3) is 0 Å². The Morgan fingerprint density at radius 3 is 2.32 bits per heavy atom. The number of carboxylic acids is 1. The molecule has 0 aromatic heterocycles. The van der Waals surface area contributed by atoms with E-state index in [-0.39, 0.29) is 0 Å². The third kappa shape index (κ3) is 2.77. The number of ether oxygens (including phenoxy) is 3. The number of hydrogen-bond donors (Lipinski definition) is 1. The van der Waals surface area contributed by atoms with Gasteiger partial charge < -0.3 is 19.3 Å². The summed E-state index contributed by atoms with van der Waals surface area (Å²) >= 11 is 0. The van der Waals surface area contributed by atoms with E-state index in [0.29, 0.717) is 36.5 Å². The Bertz CT molecular complexity index is 532. The summed E-state index contributed by atoms with van der Waals surface area (Å²) in [4.78, 5) is 12.1. The lowest BCUT2D eigenvalue weighted by molar-refractivity contribution is -0.145. The Hall–Kier alpha value is -1.75. The molecule has 0 aliphatic heterocycles. The van der Waals surface area contributed by atoms with Crippen molar-refractivity contribution in [3.63, 3.8) is 0 Å². The summed E-state index contributed by atoms with van der Waals surface area (Å²) in [6, 6.07) is 3.68. The first kappa shape index (κ1) is 16.6. The molecule has 0 radical (unpaired) electrons. The van der Waals surface area contributed by atoms with Crippen LogP contribution in [0.2, 0.25) is 0 Å². The second-order valence-electron chi connectivity index (χ2n) is 5.72. The molecule has 22 heavy (non-hydrogen) atoms. The zero-order chi connectivity index (χ0) is 16.2. The summed E-state index contributed by atoms with van der Waals surface area (Å²) in [5, 5.41) is 9.96. The standard InChI is InChI=1S/C17H24O5/c1-20-11-12-7-8-13(21-2)14(15(12)22-3)17(16(18)19)9-5-4-6-10-17/h7-8H,4-6,9-11H2,1-3H3,(H,18,19). The van der Waals surface area contributed by atoms with Gasteiger partial charge in [-0.2, -0.15) is 0 Å². The van der Waals surface area contributed by atoms with Crippen LogP contribution < -0.4 is 9.47 Å². The van der Waals surface area contributed by atoms with Crippen molar-refractivity contribution in [1.82, 2.24) is 0 Å². The van der Waals surface area contributed by atoms with Gasteiger partial charge in [-0.15, -0.1) is 0 Å². The van der Waals surface area contributed by atoms with Gasteiger partial charge in [0.2, 0.25) is 0 Å². The van der Waals surface area contributed by atoms with Gasteiger partial charge in [-0.1, -0.05) is 19.3 Å². The topological polar surface area (TPSA) is 65.0 Å². The van der Waals surface area contributed by atoms with E-state index in [1.165, 1.54) is 0 Å². The van der Waals surface area contributed by atoms with Gasteiger partial charge in [0.1, 0.15) is 11.5 Å². The van der Waals surface area contributed by atoms with E-state index in [2.05, 4.69) is 0 Å². The quantitative estimate of drug-likeness (QED) is 0.874. The molecule has 0 saturated heterocycles. The summed E-state index contributed by atoms with van der Waals surface area (Å²) in [7, 11) is 4.74. The molecule has 2 rings (SSSR count). The fraction of sp³-hybridized carbons (Fsp3) is 0.588. The molecule has 0 unspecified atom stereocenters. The number of aliphatic carboxylic acids is 1. The predicted molar refractivity (Wildman–Crippen MR) is 82.7 cm³/mol. The highest BCUT2D eigenvalue weighted by molar-refractivity contribution is 5.84. The molecular formula is C17H24O5. The van der Waals surface area contributed by atoms with Crippen LogP contribution >= 0.6 is 0 Å². The maximum atomic E-state index is 12.1. The van der Waals surface area contributed by atoms with Crippen LogP contribution in [0.25, 0.3) is 0 Å². The van der Waals surface area contributed by atoms with Crippen LogP contribution in [-0.4, -0.2) is 32.4 Å². The second-order valence-corrected chi connectivity index (χ2v) is 5.72. The number of carboxylic acid groups (broad SMARTS) is 1. The summed E-state index contributed by atoms with van der Waals surface area (Å²) in [5.41, 5.74) is 0.546. The van der Waals surface area contributed by atoms with Crippen LogP contribution in [0.4, 0.5) is 0 Å². The molecular weight excluding hydrogens is 284 g/mol. The molecule has 1 fully saturated rings. The minimum Gasteiger partial charge on any atom is -0.496 e. The van der Waals surface area contributed by atoms with Crippen molar-refractivity contribution in [3.05, 3.63) is 23.3 Å². The average molecular weight is 308 g/mol. The van der Waals surface area contributed by atoms with Crippen molar-refractivity contribution in [2.24, 2.45) is 0 Å². The predicted octanol–water partition coefficient (Wildman–Crippen LogP) is 3.14. The third-order valence-corrected chi connectivity index (χ3v) is 4.52. The zero-order valence-electron chi connectivity index (χ0n) is 13.5. The highest BCUT2D eigenvalue weighted by atomic mass is 16.5. The molecule has 0 heterocycles. The molecule has 0 spiro atoms. The number of benzene rings is 1. The van der Waals surface area contributed by atoms with Gasteiger partial charge in [0.05, 0.1) is 31.8 Å². The SMILES string of the molecule is COCc1ccc(OC)c(C2(C(=O)O)CCCCC2)c1OC. The Kier molecular flexibility index (Phi) is 5.29. The Morgan fingerprint density at radius 2 is 1.82 bits per heavy atom. The van der Waals surface area contributed by atoms with E-state index in [4.69, 9.17) is 14.2 Å². The lowest BCUT2D eigenvalue weighted by Gasteiger charge is -2.36. The van der Waals surface area contributed by atoms with Gasteiger partial charge in [0.15, 0.2) is 0 Å². The summed E-state index contributed by atoms with van der Waals surface area (Å²) in [6.07, 6.45) is 4.06. The van der Waals surface area contributed by atoms with Crippen LogP contribution in [-0.2, 0) is 21.6 Å². The lowest BCUT2D eigenvalue weighted by atomic mass is 9.68. The molecule has 0 atom stereocenters. The molecule has 1 saturated carbocycles.